The number of likely N-dealkylation sites (tertiary alicyclic amines) is 1. The number of rotatable bonds is 1. The molecule has 1 aromatic heterocycles. The number of hydrogen-bond acceptors (Lipinski definition) is 3. The van der Waals surface area contributed by atoms with Crippen LogP contribution in [0.1, 0.15) is 30.6 Å². The molecular weight excluding hydrogens is 250 g/mol. The largest absolute Gasteiger partial charge is 0.383 e. The Bertz CT molecular complexity index is 668. The average molecular weight is 269 g/mol. The second-order valence-electron chi connectivity index (χ2n) is 5.75. The van der Waals surface area contributed by atoms with Crippen LogP contribution in [0.25, 0.3) is 10.8 Å². The lowest BCUT2D eigenvalue weighted by Crippen LogP contribution is -2.34. The first-order chi connectivity index (χ1) is 9.58. The van der Waals surface area contributed by atoms with E-state index in [0.29, 0.717) is 17.3 Å². The van der Waals surface area contributed by atoms with Crippen molar-refractivity contribution in [3.8, 4) is 0 Å². The molecule has 4 nitrogen and oxygen atoms in total. The van der Waals surface area contributed by atoms with Crippen molar-refractivity contribution in [3.63, 3.8) is 0 Å². The van der Waals surface area contributed by atoms with Gasteiger partial charge in [0, 0.05) is 24.2 Å². The average Bonchev–Trinajstić information content (AvgIpc) is 2.78. The van der Waals surface area contributed by atoms with Gasteiger partial charge in [-0.25, -0.2) is 4.98 Å². The quantitative estimate of drug-likeness (QED) is 0.866. The monoisotopic (exact) mass is 269 g/mol. The van der Waals surface area contributed by atoms with E-state index < -0.39 is 0 Å². The summed E-state index contributed by atoms with van der Waals surface area (Å²) in [5.74, 6) is 1.09. The SMILES string of the molecule is CC1CC(C)N(C(=O)c2cnc(N)c3ccccc23)C1. The van der Waals surface area contributed by atoms with Gasteiger partial charge in [0.1, 0.15) is 5.82 Å². The van der Waals surface area contributed by atoms with Crippen molar-refractivity contribution >= 4 is 22.5 Å². The second kappa shape index (κ2) is 4.78. The van der Waals surface area contributed by atoms with Crippen LogP contribution >= 0.6 is 0 Å². The highest BCUT2D eigenvalue weighted by Gasteiger charge is 2.31. The Morgan fingerprint density at radius 1 is 1.30 bits per heavy atom. The number of nitrogens with two attached hydrogens (primary N) is 1. The van der Waals surface area contributed by atoms with E-state index in [1.807, 2.05) is 29.2 Å². The fourth-order valence-electron chi connectivity index (χ4n) is 3.12. The van der Waals surface area contributed by atoms with Crippen LogP contribution in [0, 0.1) is 5.92 Å². The van der Waals surface area contributed by atoms with E-state index in [-0.39, 0.29) is 11.9 Å². The van der Waals surface area contributed by atoms with Gasteiger partial charge in [-0.1, -0.05) is 31.2 Å². The van der Waals surface area contributed by atoms with Crippen LogP contribution in [0.3, 0.4) is 0 Å². The minimum atomic E-state index is 0.0607. The van der Waals surface area contributed by atoms with Crippen molar-refractivity contribution < 1.29 is 4.79 Å². The normalized spacial score (nSPS) is 22.4. The van der Waals surface area contributed by atoms with Crippen molar-refractivity contribution in [1.82, 2.24) is 9.88 Å². The number of carbonyl (C=O) groups is 1. The molecule has 1 aliphatic heterocycles. The molecule has 1 aliphatic rings. The van der Waals surface area contributed by atoms with Crippen LogP contribution in [0.4, 0.5) is 5.82 Å². The fraction of sp³-hybridized carbons (Fsp3) is 0.375. The molecule has 2 N–H and O–H groups in total. The van der Waals surface area contributed by atoms with E-state index >= 15 is 0 Å². The number of aromatic nitrogens is 1. The number of amides is 1. The van der Waals surface area contributed by atoms with Crippen LogP contribution in [-0.4, -0.2) is 28.4 Å². The topological polar surface area (TPSA) is 59.2 Å². The molecule has 1 fully saturated rings. The maximum Gasteiger partial charge on any atom is 0.256 e. The van der Waals surface area contributed by atoms with Gasteiger partial charge in [-0.05, 0) is 24.6 Å². The first kappa shape index (κ1) is 12.9. The molecule has 1 saturated heterocycles. The van der Waals surface area contributed by atoms with Crippen LogP contribution in [0.5, 0.6) is 0 Å². The molecule has 0 spiro atoms. The molecular formula is C16H19N3O. The molecule has 2 atom stereocenters. The summed E-state index contributed by atoms with van der Waals surface area (Å²) in [6, 6.07) is 7.97. The third-order valence-corrected chi connectivity index (χ3v) is 4.10. The first-order valence-corrected chi connectivity index (χ1v) is 7.02. The second-order valence-corrected chi connectivity index (χ2v) is 5.75. The Kier molecular flexibility index (Phi) is 3.08. The zero-order valence-electron chi connectivity index (χ0n) is 11.8. The van der Waals surface area contributed by atoms with Gasteiger partial charge in [-0.3, -0.25) is 4.79 Å². The minimum Gasteiger partial charge on any atom is -0.383 e. The van der Waals surface area contributed by atoms with Crippen molar-refractivity contribution in [2.75, 3.05) is 12.3 Å². The lowest BCUT2D eigenvalue weighted by molar-refractivity contribution is 0.0745. The number of nitrogen functional groups attached to an aromatic ring is 1. The zero-order chi connectivity index (χ0) is 14.3. The highest BCUT2D eigenvalue weighted by Crippen LogP contribution is 2.28. The Labute approximate surface area is 118 Å². The van der Waals surface area contributed by atoms with Gasteiger partial charge >= 0.3 is 0 Å². The van der Waals surface area contributed by atoms with E-state index in [9.17, 15) is 4.79 Å². The number of pyridine rings is 1. The molecule has 0 radical (unpaired) electrons. The molecule has 2 unspecified atom stereocenters. The summed E-state index contributed by atoms with van der Waals surface area (Å²) in [6.07, 6.45) is 2.67. The molecule has 104 valence electrons. The van der Waals surface area contributed by atoms with E-state index in [4.69, 9.17) is 5.73 Å². The van der Waals surface area contributed by atoms with Gasteiger partial charge in [0.25, 0.3) is 5.91 Å². The molecule has 2 heterocycles. The number of anilines is 1. The third kappa shape index (κ3) is 2.01. The van der Waals surface area contributed by atoms with Crippen LogP contribution in [0.2, 0.25) is 0 Å². The molecule has 20 heavy (non-hydrogen) atoms. The maximum absolute atomic E-state index is 12.8. The summed E-state index contributed by atoms with van der Waals surface area (Å²) in [7, 11) is 0. The summed E-state index contributed by atoms with van der Waals surface area (Å²) < 4.78 is 0. The molecule has 3 rings (SSSR count). The lowest BCUT2D eigenvalue weighted by atomic mass is 10.1. The molecule has 2 aromatic rings. The predicted molar refractivity (Wildman–Crippen MR) is 80.4 cm³/mol. The Hall–Kier alpha value is -2.10. The molecule has 1 amide bonds. The Balaban J connectivity index is 2.07. The number of nitrogens with zero attached hydrogens (tertiary/aromatic N) is 2. The van der Waals surface area contributed by atoms with Crippen LogP contribution in [-0.2, 0) is 0 Å². The van der Waals surface area contributed by atoms with Crippen molar-refractivity contribution in [1.29, 1.82) is 0 Å². The third-order valence-electron chi connectivity index (χ3n) is 4.10. The van der Waals surface area contributed by atoms with Gasteiger partial charge < -0.3 is 10.6 Å². The maximum atomic E-state index is 12.8. The predicted octanol–water partition coefficient (Wildman–Crippen LogP) is 2.69. The van der Waals surface area contributed by atoms with Crippen molar-refractivity contribution in [2.45, 2.75) is 26.3 Å². The summed E-state index contributed by atoms with van der Waals surface area (Å²) in [4.78, 5) is 18.9. The fourth-order valence-corrected chi connectivity index (χ4v) is 3.12. The summed E-state index contributed by atoms with van der Waals surface area (Å²) >= 11 is 0. The van der Waals surface area contributed by atoms with Gasteiger partial charge in [-0.15, -0.1) is 0 Å². The smallest absolute Gasteiger partial charge is 0.256 e. The van der Waals surface area contributed by atoms with E-state index in [2.05, 4.69) is 18.8 Å². The van der Waals surface area contributed by atoms with Crippen molar-refractivity contribution in [2.24, 2.45) is 5.92 Å². The van der Waals surface area contributed by atoms with Crippen LogP contribution < -0.4 is 5.73 Å². The Morgan fingerprint density at radius 3 is 2.65 bits per heavy atom. The Morgan fingerprint density at radius 2 is 2.00 bits per heavy atom. The summed E-state index contributed by atoms with van der Waals surface area (Å²) in [6.45, 7) is 5.11. The van der Waals surface area contributed by atoms with Gasteiger partial charge in [-0.2, -0.15) is 0 Å². The van der Waals surface area contributed by atoms with Gasteiger partial charge in [0.15, 0.2) is 0 Å². The molecule has 0 bridgehead atoms. The minimum absolute atomic E-state index is 0.0607. The molecule has 1 aromatic carbocycles. The van der Waals surface area contributed by atoms with Crippen LogP contribution in [0.15, 0.2) is 30.5 Å². The highest BCUT2D eigenvalue weighted by molar-refractivity contribution is 6.09. The van der Waals surface area contributed by atoms with E-state index in [0.717, 1.165) is 23.7 Å². The van der Waals surface area contributed by atoms with E-state index in [1.165, 1.54) is 0 Å². The molecule has 0 aliphatic carbocycles. The number of benzene rings is 1. The van der Waals surface area contributed by atoms with E-state index in [1.54, 1.807) is 6.20 Å². The zero-order valence-corrected chi connectivity index (χ0v) is 11.8. The number of carbonyl (C=O) groups excluding carboxylic acids is 1. The number of fused-ring (bicyclic) bond motifs is 1. The highest BCUT2D eigenvalue weighted by atomic mass is 16.2. The van der Waals surface area contributed by atoms with Gasteiger partial charge in [0.05, 0.1) is 5.56 Å². The summed E-state index contributed by atoms with van der Waals surface area (Å²) in [5, 5.41) is 1.73. The number of hydrogen-bond donors (Lipinski definition) is 1. The van der Waals surface area contributed by atoms with Crippen molar-refractivity contribution in [3.05, 3.63) is 36.0 Å². The van der Waals surface area contributed by atoms with Gasteiger partial charge in [0.2, 0.25) is 0 Å². The standard InChI is InChI=1S/C16H19N3O/c1-10-7-11(2)19(9-10)16(20)14-8-18-15(17)13-6-4-3-5-12(13)14/h3-6,8,10-11H,7,9H2,1-2H3,(H2,17,18). The molecule has 4 heteroatoms. The molecule has 0 saturated carbocycles. The lowest BCUT2D eigenvalue weighted by Gasteiger charge is -2.22. The summed E-state index contributed by atoms with van der Waals surface area (Å²) in [5.41, 5.74) is 6.54. The first-order valence-electron chi connectivity index (χ1n) is 7.02.